The summed E-state index contributed by atoms with van der Waals surface area (Å²) >= 11 is 3.24. The van der Waals surface area contributed by atoms with Crippen molar-refractivity contribution in [2.75, 3.05) is 14.2 Å². The minimum absolute atomic E-state index is 0.0208. The molecule has 0 amide bonds. The molecule has 0 aromatic heterocycles. The summed E-state index contributed by atoms with van der Waals surface area (Å²) in [7, 11) is 2.54. The molecule has 94 valence electrons. The third kappa shape index (κ3) is 2.29. The maximum absolute atomic E-state index is 11.9. The number of hydrogen-bond donors (Lipinski definition) is 0. The number of ether oxygens (including phenoxy) is 2. The van der Waals surface area contributed by atoms with Crippen LogP contribution in [0.3, 0.4) is 0 Å². The highest BCUT2D eigenvalue weighted by atomic mass is 79.9. The molecule has 0 spiro atoms. The molecule has 0 bridgehead atoms. The summed E-state index contributed by atoms with van der Waals surface area (Å²) in [4.78, 5) is 25.4. The molecule has 4 nitrogen and oxygen atoms in total. The van der Waals surface area contributed by atoms with Crippen molar-refractivity contribution in [3.8, 4) is 0 Å². The Hall–Kier alpha value is -1.10. The summed E-state index contributed by atoms with van der Waals surface area (Å²) in [6.07, 6.45) is 2.36. The monoisotopic (exact) mass is 302 g/mol. The average Bonchev–Trinajstić information content (AvgIpc) is 2.76. The fourth-order valence-corrected chi connectivity index (χ4v) is 2.70. The minimum Gasteiger partial charge on any atom is -0.468 e. The first-order valence-corrected chi connectivity index (χ1v) is 6.05. The first kappa shape index (κ1) is 14.0. The molecule has 0 aliphatic heterocycles. The largest absolute Gasteiger partial charge is 0.468 e. The van der Waals surface area contributed by atoms with E-state index < -0.39 is 17.4 Å². The molecule has 17 heavy (non-hydrogen) atoms. The van der Waals surface area contributed by atoms with Crippen LogP contribution in [-0.2, 0) is 19.1 Å². The lowest BCUT2D eigenvalue weighted by molar-refractivity contribution is -0.168. The zero-order chi connectivity index (χ0) is 13.1. The van der Waals surface area contributed by atoms with E-state index in [-0.39, 0.29) is 5.92 Å². The molecule has 5 heteroatoms. The van der Waals surface area contributed by atoms with E-state index in [4.69, 9.17) is 9.47 Å². The Morgan fingerprint density at radius 2 is 1.94 bits per heavy atom. The molecular formula is C12H15BrO4. The van der Waals surface area contributed by atoms with E-state index in [0.29, 0.717) is 12.8 Å². The van der Waals surface area contributed by atoms with Gasteiger partial charge in [0.2, 0.25) is 0 Å². The molecule has 1 atom stereocenters. The highest BCUT2D eigenvalue weighted by molar-refractivity contribution is 9.11. The number of esters is 2. The Balaban J connectivity index is 3.16. The Kier molecular flexibility index (Phi) is 4.51. The number of hydrogen-bond acceptors (Lipinski definition) is 4. The number of rotatable bonds is 3. The molecule has 0 heterocycles. The molecule has 0 aromatic rings. The van der Waals surface area contributed by atoms with Gasteiger partial charge < -0.3 is 9.47 Å². The van der Waals surface area contributed by atoms with Crippen LogP contribution >= 0.6 is 15.9 Å². The van der Waals surface area contributed by atoms with Crippen LogP contribution < -0.4 is 0 Å². The number of allylic oxidation sites excluding steroid dienone is 2. The molecule has 1 aliphatic carbocycles. The highest BCUT2D eigenvalue weighted by Gasteiger charge is 2.54. The molecule has 1 aliphatic rings. The predicted molar refractivity (Wildman–Crippen MR) is 66.4 cm³/mol. The van der Waals surface area contributed by atoms with Gasteiger partial charge in [0, 0.05) is 0 Å². The number of carbonyl (C=O) groups is 2. The molecule has 0 aromatic carbocycles. The highest BCUT2D eigenvalue weighted by Crippen LogP contribution is 2.47. The number of halogens is 1. The summed E-state index contributed by atoms with van der Waals surface area (Å²) in [5.74, 6) is -1.13. The van der Waals surface area contributed by atoms with E-state index in [9.17, 15) is 9.59 Å². The van der Waals surface area contributed by atoms with Gasteiger partial charge in [0.1, 0.15) is 0 Å². The van der Waals surface area contributed by atoms with Crippen LogP contribution in [0.2, 0.25) is 0 Å². The molecule has 1 saturated carbocycles. The van der Waals surface area contributed by atoms with Gasteiger partial charge >= 0.3 is 11.9 Å². The quantitative estimate of drug-likeness (QED) is 0.455. The van der Waals surface area contributed by atoms with Crippen LogP contribution in [-0.4, -0.2) is 26.2 Å². The second-order valence-electron chi connectivity index (χ2n) is 3.97. The smallest absolute Gasteiger partial charge is 0.323 e. The lowest BCUT2D eigenvalue weighted by atomic mass is 9.85. The third-order valence-corrected chi connectivity index (χ3v) is 3.72. The molecule has 0 radical (unpaired) electrons. The van der Waals surface area contributed by atoms with Crippen LogP contribution in [0.25, 0.3) is 0 Å². The second-order valence-corrected chi connectivity index (χ2v) is 4.43. The van der Waals surface area contributed by atoms with Crippen LogP contribution in [0, 0.1) is 11.3 Å². The summed E-state index contributed by atoms with van der Waals surface area (Å²) in [5.41, 5.74) is -0.294. The van der Waals surface area contributed by atoms with Crippen molar-refractivity contribution >= 4 is 27.9 Å². The van der Waals surface area contributed by atoms with E-state index in [1.54, 1.807) is 11.1 Å². The van der Waals surface area contributed by atoms with Crippen LogP contribution in [0.4, 0.5) is 0 Å². The van der Waals surface area contributed by atoms with E-state index in [1.807, 2.05) is 0 Å². The zero-order valence-electron chi connectivity index (χ0n) is 9.86. The van der Waals surface area contributed by atoms with Gasteiger partial charge in [-0.15, -0.1) is 6.58 Å². The van der Waals surface area contributed by atoms with E-state index >= 15 is 0 Å². The number of carbonyl (C=O) groups excluding carboxylic acids is 2. The molecule has 1 unspecified atom stereocenters. The van der Waals surface area contributed by atoms with Crippen molar-refractivity contribution in [2.45, 2.75) is 12.8 Å². The first-order chi connectivity index (χ1) is 8.05. The number of methoxy groups -OCH3 is 2. The van der Waals surface area contributed by atoms with Gasteiger partial charge in [0.25, 0.3) is 0 Å². The standard InChI is InChI=1S/C12H15BrO4/c1-4-8-5-12(10(14)16-2,11(15)17-3)6-9(8)7-13/h4,7-8H,1,5-6H2,2-3H3/b9-7+. The summed E-state index contributed by atoms with van der Waals surface area (Å²) < 4.78 is 9.46. The molecule has 0 N–H and O–H groups in total. The summed E-state index contributed by atoms with van der Waals surface area (Å²) in [6, 6.07) is 0. The van der Waals surface area contributed by atoms with E-state index in [0.717, 1.165) is 5.57 Å². The Bertz CT molecular complexity index is 357. The normalized spacial score (nSPS) is 24.4. The predicted octanol–water partition coefficient (Wildman–Crippen LogP) is 2.19. The van der Waals surface area contributed by atoms with Gasteiger partial charge in [-0.05, 0) is 23.7 Å². The molecular weight excluding hydrogens is 288 g/mol. The van der Waals surface area contributed by atoms with E-state index in [2.05, 4.69) is 22.5 Å². The van der Waals surface area contributed by atoms with Crippen molar-refractivity contribution in [3.63, 3.8) is 0 Å². The maximum atomic E-state index is 11.9. The SMILES string of the molecule is C=CC1CC(C(=O)OC)(C(=O)OC)C/C1=C\Br. The fourth-order valence-electron chi connectivity index (χ4n) is 2.20. The van der Waals surface area contributed by atoms with Gasteiger partial charge in [0.05, 0.1) is 14.2 Å². The lowest BCUT2D eigenvalue weighted by Crippen LogP contribution is -2.39. The molecule has 1 fully saturated rings. The Labute approximate surface area is 109 Å². The summed E-state index contributed by atoms with van der Waals surface area (Å²) in [5, 5.41) is 0. The average molecular weight is 303 g/mol. The Morgan fingerprint density at radius 3 is 2.24 bits per heavy atom. The van der Waals surface area contributed by atoms with Crippen LogP contribution in [0.1, 0.15) is 12.8 Å². The minimum atomic E-state index is -1.23. The third-order valence-electron chi connectivity index (χ3n) is 3.13. The van der Waals surface area contributed by atoms with Gasteiger partial charge in [-0.25, -0.2) is 0 Å². The molecule has 0 saturated heterocycles. The maximum Gasteiger partial charge on any atom is 0.323 e. The van der Waals surface area contributed by atoms with Crippen molar-refractivity contribution in [2.24, 2.45) is 11.3 Å². The van der Waals surface area contributed by atoms with Gasteiger partial charge in [-0.3, -0.25) is 9.59 Å². The van der Waals surface area contributed by atoms with Gasteiger partial charge in [0.15, 0.2) is 5.41 Å². The van der Waals surface area contributed by atoms with Crippen LogP contribution in [0.5, 0.6) is 0 Å². The topological polar surface area (TPSA) is 52.6 Å². The summed E-state index contributed by atoms with van der Waals surface area (Å²) in [6.45, 7) is 3.71. The molecule has 1 rings (SSSR count). The zero-order valence-corrected chi connectivity index (χ0v) is 11.5. The van der Waals surface area contributed by atoms with E-state index in [1.165, 1.54) is 14.2 Å². The second kappa shape index (κ2) is 5.49. The Morgan fingerprint density at radius 1 is 1.41 bits per heavy atom. The van der Waals surface area contributed by atoms with Crippen molar-refractivity contribution < 1.29 is 19.1 Å². The first-order valence-electron chi connectivity index (χ1n) is 5.14. The van der Waals surface area contributed by atoms with Crippen molar-refractivity contribution in [1.82, 2.24) is 0 Å². The van der Waals surface area contributed by atoms with Crippen molar-refractivity contribution in [3.05, 3.63) is 23.2 Å². The van der Waals surface area contributed by atoms with Crippen molar-refractivity contribution in [1.29, 1.82) is 0 Å². The van der Waals surface area contributed by atoms with Crippen LogP contribution in [0.15, 0.2) is 23.2 Å². The van der Waals surface area contributed by atoms with Gasteiger partial charge in [-0.2, -0.15) is 0 Å². The van der Waals surface area contributed by atoms with Gasteiger partial charge in [-0.1, -0.05) is 27.6 Å². The lowest BCUT2D eigenvalue weighted by Gasteiger charge is -2.22. The fraction of sp³-hybridized carbons (Fsp3) is 0.500.